The largest absolute Gasteiger partial charge is 0.409 e. The number of hydrogen-bond donors (Lipinski definition) is 2. The summed E-state index contributed by atoms with van der Waals surface area (Å²) in [5, 5.41) is 15.1. The molecule has 8 nitrogen and oxygen atoms in total. The minimum atomic E-state index is -3.78. The molecule has 3 N–H and O–H groups in total. The van der Waals surface area contributed by atoms with Crippen LogP contribution >= 0.6 is 11.6 Å². The fourth-order valence-electron chi connectivity index (χ4n) is 1.51. The van der Waals surface area contributed by atoms with Crippen molar-refractivity contribution in [3.8, 4) is 0 Å². The molecule has 1 rings (SSSR count). The summed E-state index contributed by atoms with van der Waals surface area (Å²) < 4.78 is 26.9. The number of halogens is 1. The van der Waals surface area contributed by atoms with E-state index in [1.165, 1.54) is 25.0 Å². The van der Waals surface area contributed by atoms with Gasteiger partial charge in [0, 0.05) is 26.6 Å². The van der Waals surface area contributed by atoms with Gasteiger partial charge < -0.3 is 10.9 Å². The molecule has 1 atom stereocenters. The van der Waals surface area contributed by atoms with E-state index in [1.807, 2.05) is 0 Å². The average molecular weight is 310 g/mol. The molecule has 19 heavy (non-hydrogen) atoms. The number of aryl methyl sites for hydroxylation is 1. The quantitative estimate of drug-likeness (QED) is 0.346. The minimum absolute atomic E-state index is 0.0434. The van der Waals surface area contributed by atoms with Crippen LogP contribution < -0.4 is 5.73 Å². The summed E-state index contributed by atoms with van der Waals surface area (Å²) >= 11 is 5.82. The Morgan fingerprint density at radius 1 is 1.74 bits per heavy atom. The Kier molecular flexibility index (Phi) is 4.77. The van der Waals surface area contributed by atoms with Crippen LogP contribution in [-0.4, -0.2) is 47.1 Å². The zero-order valence-electron chi connectivity index (χ0n) is 10.8. The van der Waals surface area contributed by atoms with Gasteiger partial charge in [0.1, 0.15) is 5.84 Å². The van der Waals surface area contributed by atoms with Gasteiger partial charge in [0.25, 0.3) is 10.0 Å². The summed E-state index contributed by atoms with van der Waals surface area (Å²) in [5.41, 5.74) is 5.42. The Balaban J connectivity index is 3.02. The molecule has 0 radical (unpaired) electrons. The second kappa shape index (κ2) is 5.76. The zero-order chi connectivity index (χ0) is 14.8. The first kappa shape index (κ1) is 15.7. The second-order valence-corrected chi connectivity index (χ2v) is 6.50. The van der Waals surface area contributed by atoms with E-state index in [1.54, 1.807) is 6.92 Å². The van der Waals surface area contributed by atoms with Gasteiger partial charge >= 0.3 is 0 Å². The molecule has 0 aliphatic carbocycles. The number of rotatable bonds is 5. The molecule has 0 saturated carbocycles. The summed E-state index contributed by atoms with van der Waals surface area (Å²) in [6.45, 7) is 1.70. The third kappa shape index (κ3) is 3.17. The highest BCUT2D eigenvalue weighted by atomic mass is 35.5. The highest BCUT2D eigenvalue weighted by Crippen LogP contribution is 2.23. The lowest BCUT2D eigenvalue weighted by atomic mass is 10.2. The molecule has 0 saturated heterocycles. The molecular weight excluding hydrogens is 294 g/mol. The van der Waals surface area contributed by atoms with Crippen molar-refractivity contribution < 1.29 is 13.6 Å². The first-order chi connectivity index (χ1) is 8.71. The van der Waals surface area contributed by atoms with Crippen LogP contribution in [0, 0.1) is 5.92 Å². The van der Waals surface area contributed by atoms with Crippen molar-refractivity contribution in [1.82, 2.24) is 14.1 Å². The van der Waals surface area contributed by atoms with Crippen molar-refractivity contribution in [2.24, 2.45) is 23.9 Å². The first-order valence-electron chi connectivity index (χ1n) is 5.33. The van der Waals surface area contributed by atoms with E-state index in [0.29, 0.717) is 0 Å². The number of hydrogen-bond acceptors (Lipinski definition) is 5. The molecule has 108 valence electrons. The molecule has 10 heteroatoms. The lowest BCUT2D eigenvalue weighted by Crippen LogP contribution is -2.37. The van der Waals surface area contributed by atoms with E-state index in [0.717, 1.165) is 4.31 Å². The molecule has 1 aromatic heterocycles. The van der Waals surface area contributed by atoms with E-state index in [2.05, 4.69) is 10.3 Å². The number of sulfonamides is 1. The van der Waals surface area contributed by atoms with Crippen LogP contribution in [0.1, 0.15) is 6.92 Å². The first-order valence-corrected chi connectivity index (χ1v) is 7.14. The summed E-state index contributed by atoms with van der Waals surface area (Å²) in [4.78, 5) is 0. The average Bonchev–Trinajstić information content (AvgIpc) is 2.68. The molecule has 0 aliphatic rings. The van der Waals surface area contributed by atoms with Gasteiger partial charge in [0.15, 0.2) is 5.03 Å². The predicted molar refractivity (Wildman–Crippen MR) is 70.6 cm³/mol. The lowest BCUT2D eigenvalue weighted by molar-refractivity contribution is 0.312. The van der Waals surface area contributed by atoms with Crippen LogP contribution in [0.3, 0.4) is 0 Å². The molecule has 1 aromatic rings. The third-order valence-electron chi connectivity index (χ3n) is 2.65. The Labute approximate surface area is 116 Å². The number of nitrogens with two attached hydrogens (primary N) is 1. The number of nitrogens with zero attached hydrogens (tertiary/aromatic N) is 4. The van der Waals surface area contributed by atoms with Crippen LogP contribution in [0.15, 0.2) is 16.4 Å². The summed E-state index contributed by atoms with van der Waals surface area (Å²) in [6, 6.07) is 0. The maximum absolute atomic E-state index is 12.3. The minimum Gasteiger partial charge on any atom is -0.409 e. The highest BCUT2D eigenvalue weighted by Gasteiger charge is 2.29. The standard InChI is InChI=1S/C9H16ClN5O3S/c1-6(8(11)13-16)5-14(2)19(17,18)9-7(10)4-12-15(9)3/h4,6,16H,5H2,1-3H3,(H2,11,13). The van der Waals surface area contributed by atoms with E-state index >= 15 is 0 Å². The van der Waals surface area contributed by atoms with E-state index < -0.39 is 15.9 Å². The fourth-order valence-corrected chi connectivity index (χ4v) is 3.37. The van der Waals surface area contributed by atoms with Gasteiger partial charge in [-0.25, -0.2) is 8.42 Å². The zero-order valence-corrected chi connectivity index (χ0v) is 12.4. The number of oxime groups is 1. The van der Waals surface area contributed by atoms with Gasteiger partial charge in [-0.05, 0) is 0 Å². The van der Waals surface area contributed by atoms with Crippen molar-refractivity contribution in [2.75, 3.05) is 13.6 Å². The van der Waals surface area contributed by atoms with E-state index in [9.17, 15) is 8.42 Å². The van der Waals surface area contributed by atoms with Gasteiger partial charge in [-0.3, -0.25) is 4.68 Å². The van der Waals surface area contributed by atoms with Crippen molar-refractivity contribution >= 4 is 27.5 Å². The Bertz CT molecular complexity index is 563. The number of aromatic nitrogens is 2. The molecule has 1 unspecified atom stereocenters. The Morgan fingerprint density at radius 2 is 2.32 bits per heavy atom. The maximum Gasteiger partial charge on any atom is 0.261 e. The normalized spacial score (nSPS) is 14.9. The van der Waals surface area contributed by atoms with Gasteiger partial charge in [0.05, 0.1) is 11.2 Å². The molecule has 0 amide bonds. The van der Waals surface area contributed by atoms with Crippen molar-refractivity contribution in [1.29, 1.82) is 0 Å². The Morgan fingerprint density at radius 3 is 2.74 bits per heavy atom. The molecule has 1 heterocycles. The smallest absolute Gasteiger partial charge is 0.261 e. The van der Waals surface area contributed by atoms with Crippen LogP contribution in [0.2, 0.25) is 5.02 Å². The monoisotopic (exact) mass is 309 g/mol. The molecule has 0 bridgehead atoms. The third-order valence-corrected chi connectivity index (χ3v) is 4.98. The summed E-state index contributed by atoms with van der Waals surface area (Å²) in [5.74, 6) is -0.477. The SMILES string of the molecule is CC(CN(C)S(=O)(=O)c1c(Cl)cnn1C)C(N)=NO. The number of amidine groups is 1. The second-order valence-electron chi connectivity index (χ2n) is 4.13. The van der Waals surface area contributed by atoms with Crippen LogP contribution in [0.25, 0.3) is 0 Å². The molecule has 0 aromatic carbocycles. The fraction of sp³-hybridized carbons (Fsp3) is 0.556. The predicted octanol–water partition coefficient (Wildman–Crippen LogP) is 0.0765. The lowest BCUT2D eigenvalue weighted by Gasteiger charge is -2.20. The Hall–Kier alpha value is -1.32. The van der Waals surface area contributed by atoms with Crippen molar-refractivity contribution in [3.05, 3.63) is 11.2 Å². The highest BCUT2D eigenvalue weighted by molar-refractivity contribution is 7.89. The summed E-state index contributed by atoms with van der Waals surface area (Å²) in [7, 11) is -0.910. The summed E-state index contributed by atoms with van der Waals surface area (Å²) in [6.07, 6.45) is 1.26. The van der Waals surface area contributed by atoms with E-state index in [4.69, 9.17) is 22.5 Å². The van der Waals surface area contributed by atoms with Crippen LogP contribution in [-0.2, 0) is 17.1 Å². The molecule has 0 spiro atoms. The van der Waals surface area contributed by atoms with E-state index in [-0.39, 0.29) is 22.4 Å². The van der Waals surface area contributed by atoms with Gasteiger partial charge in [-0.1, -0.05) is 23.7 Å². The molecule has 0 fully saturated rings. The van der Waals surface area contributed by atoms with Crippen molar-refractivity contribution in [2.45, 2.75) is 11.9 Å². The van der Waals surface area contributed by atoms with Gasteiger partial charge in [-0.15, -0.1) is 0 Å². The van der Waals surface area contributed by atoms with Gasteiger partial charge in [-0.2, -0.15) is 9.40 Å². The molecular formula is C9H16ClN5O3S. The van der Waals surface area contributed by atoms with Crippen LogP contribution in [0.4, 0.5) is 0 Å². The van der Waals surface area contributed by atoms with Crippen LogP contribution in [0.5, 0.6) is 0 Å². The topological polar surface area (TPSA) is 114 Å². The van der Waals surface area contributed by atoms with Crippen molar-refractivity contribution in [3.63, 3.8) is 0 Å². The van der Waals surface area contributed by atoms with Gasteiger partial charge in [0.2, 0.25) is 0 Å². The maximum atomic E-state index is 12.3. The molecule has 0 aliphatic heterocycles.